The molecule has 0 aliphatic heterocycles. The fourth-order valence-corrected chi connectivity index (χ4v) is 1.20. The highest BCUT2D eigenvalue weighted by molar-refractivity contribution is 7.71. The van der Waals surface area contributed by atoms with Crippen LogP contribution in [-0.2, 0) is 6.42 Å². The second-order valence-electron chi connectivity index (χ2n) is 2.64. The smallest absolute Gasteiger partial charge is 0.199 e. The molecule has 0 bridgehead atoms. The van der Waals surface area contributed by atoms with E-state index in [4.69, 9.17) is 22.7 Å². The molecule has 72 valence electrons. The van der Waals surface area contributed by atoms with Gasteiger partial charge in [0.05, 0.1) is 7.11 Å². The summed E-state index contributed by atoms with van der Waals surface area (Å²) in [5, 5.41) is 0. The van der Waals surface area contributed by atoms with Crippen LogP contribution in [0.25, 0.3) is 0 Å². The van der Waals surface area contributed by atoms with Gasteiger partial charge in [0.1, 0.15) is 0 Å². The lowest BCUT2D eigenvalue weighted by Crippen LogP contribution is -2.03. The van der Waals surface area contributed by atoms with Gasteiger partial charge in [-0.05, 0) is 31.6 Å². The Hall–Kier alpha value is -0.940. The third-order valence-corrected chi connectivity index (χ3v) is 1.91. The van der Waals surface area contributed by atoms with Crippen LogP contribution in [-0.4, -0.2) is 23.6 Å². The number of rotatable bonds is 4. The van der Waals surface area contributed by atoms with Gasteiger partial charge in [0.25, 0.3) is 0 Å². The number of nitrogens with one attached hydrogen (secondary N) is 1. The summed E-state index contributed by atoms with van der Waals surface area (Å²) >= 11 is 4.87. The maximum Gasteiger partial charge on any atom is 0.199 e. The van der Waals surface area contributed by atoms with E-state index in [0.717, 1.165) is 18.4 Å². The average molecular weight is 199 g/mol. The Kier molecular flexibility index (Phi) is 3.85. The molecule has 5 heteroatoms. The van der Waals surface area contributed by atoms with Crippen molar-refractivity contribution in [2.75, 3.05) is 13.7 Å². The van der Waals surface area contributed by atoms with Crippen molar-refractivity contribution in [2.24, 2.45) is 5.73 Å². The molecule has 0 radical (unpaired) electrons. The van der Waals surface area contributed by atoms with E-state index in [1.54, 1.807) is 13.3 Å². The van der Waals surface area contributed by atoms with Crippen LogP contribution in [0.5, 0.6) is 5.88 Å². The Bertz CT molecular complexity index is 323. The Morgan fingerprint density at radius 1 is 1.69 bits per heavy atom. The van der Waals surface area contributed by atoms with Crippen LogP contribution in [0.4, 0.5) is 0 Å². The molecule has 0 saturated carbocycles. The fraction of sp³-hybridized carbons (Fsp3) is 0.500. The lowest BCUT2D eigenvalue weighted by atomic mass is 10.2. The first kappa shape index (κ1) is 10.1. The Morgan fingerprint density at radius 3 is 3.08 bits per heavy atom. The first-order chi connectivity index (χ1) is 6.27. The molecule has 3 N–H and O–H groups in total. The number of nitrogens with zero attached hydrogens (tertiary/aromatic N) is 1. The number of aromatic nitrogens is 2. The van der Waals surface area contributed by atoms with Gasteiger partial charge in [0.15, 0.2) is 10.7 Å². The van der Waals surface area contributed by atoms with Crippen molar-refractivity contribution < 1.29 is 4.74 Å². The molecule has 13 heavy (non-hydrogen) atoms. The molecule has 0 spiro atoms. The molecule has 1 heterocycles. The van der Waals surface area contributed by atoms with Crippen molar-refractivity contribution >= 4 is 12.2 Å². The quantitative estimate of drug-likeness (QED) is 0.711. The second kappa shape index (κ2) is 4.94. The molecule has 0 unspecified atom stereocenters. The molecule has 1 aromatic rings. The molecule has 0 aliphatic rings. The highest BCUT2D eigenvalue weighted by Gasteiger charge is 2.02. The van der Waals surface area contributed by atoms with Gasteiger partial charge in [-0.2, -0.15) is 0 Å². The molecule has 0 amide bonds. The standard InChI is InChI=1S/C8H13N3OS/c1-12-7-6(3-2-4-9)5-10-8(13)11-7/h5H,2-4,9H2,1H3,(H,10,11,13). The predicted molar refractivity (Wildman–Crippen MR) is 53.3 cm³/mol. The number of ether oxygens (including phenoxy) is 1. The van der Waals surface area contributed by atoms with E-state index in [0.29, 0.717) is 17.2 Å². The van der Waals surface area contributed by atoms with Crippen LogP contribution in [0.15, 0.2) is 6.20 Å². The topological polar surface area (TPSA) is 63.9 Å². The van der Waals surface area contributed by atoms with Crippen molar-refractivity contribution in [2.45, 2.75) is 12.8 Å². The summed E-state index contributed by atoms with van der Waals surface area (Å²) in [6.07, 6.45) is 3.51. The molecule has 0 fully saturated rings. The highest BCUT2D eigenvalue weighted by Crippen LogP contribution is 2.14. The molecule has 1 rings (SSSR count). The zero-order valence-electron chi connectivity index (χ0n) is 7.54. The first-order valence-electron chi connectivity index (χ1n) is 4.10. The van der Waals surface area contributed by atoms with Crippen molar-refractivity contribution in [3.63, 3.8) is 0 Å². The number of aromatic amines is 1. The largest absolute Gasteiger partial charge is 0.482 e. The maximum absolute atomic E-state index is 5.41. The van der Waals surface area contributed by atoms with Crippen LogP contribution < -0.4 is 10.5 Å². The number of H-pyrrole nitrogens is 1. The van der Waals surface area contributed by atoms with E-state index < -0.39 is 0 Å². The molecular formula is C8H13N3OS. The zero-order valence-corrected chi connectivity index (χ0v) is 8.36. The Morgan fingerprint density at radius 2 is 2.46 bits per heavy atom. The van der Waals surface area contributed by atoms with Gasteiger partial charge in [-0.1, -0.05) is 0 Å². The van der Waals surface area contributed by atoms with Crippen molar-refractivity contribution in [3.8, 4) is 5.88 Å². The van der Waals surface area contributed by atoms with Crippen LogP contribution in [0.1, 0.15) is 12.0 Å². The van der Waals surface area contributed by atoms with Gasteiger partial charge in [0, 0.05) is 11.8 Å². The third kappa shape index (κ3) is 2.78. The fourth-order valence-electron chi connectivity index (χ4n) is 1.06. The van der Waals surface area contributed by atoms with Gasteiger partial charge in [-0.25, -0.2) is 4.98 Å². The van der Waals surface area contributed by atoms with Crippen molar-refractivity contribution in [1.29, 1.82) is 0 Å². The summed E-state index contributed by atoms with van der Waals surface area (Å²) in [5.41, 5.74) is 6.42. The van der Waals surface area contributed by atoms with E-state index in [1.807, 2.05) is 0 Å². The number of nitrogens with two attached hydrogens (primary N) is 1. The van der Waals surface area contributed by atoms with Crippen molar-refractivity contribution in [3.05, 3.63) is 16.5 Å². The molecule has 0 atom stereocenters. The second-order valence-corrected chi connectivity index (χ2v) is 3.03. The van der Waals surface area contributed by atoms with Crippen LogP contribution in [0.3, 0.4) is 0 Å². The zero-order chi connectivity index (χ0) is 9.68. The molecule has 0 saturated heterocycles. The number of hydrogen-bond acceptors (Lipinski definition) is 4. The van der Waals surface area contributed by atoms with E-state index in [-0.39, 0.29) is 0 Å². The summed E-state index contributed by atoms with van der Waals surface area (Å²) in [4.78, 5) is 6.85. The summed E-state index contributed by atoms with van der Waals surface area (Å²) in [5.74, 6) is 0.688. The third-order valence-electron chi connectivity index (χ3n) is 1.70. The normalized spacial score (nSPS) is 10.0. The van der Waals surface area contributed by atoms with Gasteiger partial charge in [0.2, 0.25) is 0 Å². The van der Waals surface area contributed by atoms with Crippen LogP contribution in [0.2, 0.25) is 0 Å². The molecule has 0 aromatic carbocycles. The number of methoxy groups -OCH3 is 1. The predicted octanol–water partition coefficient (Wildman–Crippen LogP) is 1.04. The number of hydrogen-bond donors (Lipinski definition) is 2. The molecule has 4 nitrogen and oxygen atoms in total. The van der Waals surface area contributed by atoms with Gasteiger partial charge >= 0.3 is 0 Å². The summed E-state index contributed by atoms with van der Waals surface area (Å²) < 4.78 is 5.56. The Balaban J connectivity index is 2.86. The minimum absolute atomic E-state index is 0.438. The van der Waals surface area contributed by atoms with E-state index in [2.05, 4.69) is 9.97 Å². The van der Waals surface area contributed by atoms with Crippen LogP contribution >= 0.6 is 12.2 Å². The molecular weight excluding hydrogens is 186 g/mol. The minimum atomic E-state index is 0.438. The lowest BCUT2D eigenvalue weighted by molar-refractivity contribution is 0.390. The lowest BCUT2D eigenvalue weighted by Gasteiger charge is -2.05. The Labute approximate surface area is 82.1 Å². The van der Waals surface area contributed by atoms with Gasteiger partial charge in [-0.15, -0.1) is 0 Å². The van der Waals surface area contributed by atoms with E-state index in [9.17, 15) is 0 Å². The minimum Gasteiger partial charge on any atom is -0.482 e. The van der Waals surface area contributed by atoms with Gasteiger partial charge < -0.3 is 15.5 Å². The average Bonchev–Trinajstić information content (AvgIpc) is 2.16. The van der Waals surface area contributed by atoms with Crippen LogP contribution in [0, 0.1) is 4.77 Å². The first-order valence-corrected chi connectivity index (χ1v) is 4.51. The highest BCUT2D eigenvalue weighted by atomic mass is 32.1. The summed E-state index contributed by atoms with van der Waals surface area (Å²) in [6, 6.07) is 0. The molecule has 1 aromatic heterocycles. The summed E-state index contributed by atoms with van der Waals surface area (Å²) in [6.45, 7) is 0.665. The molecule has 0 aliphatic carbocycles. The monoisotopic (exact) mass is 199 g/mol. The van der Waals surface area contributed by atoms with E-state index >= 15 is 0 Å². The number of aryl methyl sites for hydroxylation is 1. The summed E-state index contributed by atoms with van der Waals surface area (Å²) in [7, 11) is 1.60. The van der Waals surface area contributed by atoms with Gasteiger partial charge in [-0.3, -0.25) is 0 Å². The van der Waals surface area contributed by atoms with E-state index in [1.165, 1.54) is 0 Å². The SMILES string of the molecule is COc1[nH]c(=S)ncc1CCCN. The maximum atomic E-state index is 5.41. The van der Waals surface area contributed by atoms with Crippen molar-refractivity contribution in [1.82, 2.24) is 9.97 Å².